The Morgan fingerprint density at radius 3 is 2.55 bits per heavy atom. The average Bonchev–Trinajstić information content (AvgIpc) is 2.47. The fourth-order valence-corrected chi connectivity index (χ4v) is 2.87. The van der Waals surface area contributed by atoms with E-state index in [1.807, 2.05) is 0 Å². The lowest BCUT2D eigenvalue weighted by atomic mass is 10.0. The van der Waals surface area contributed by atoms with E-state index in [1.54, 1.807) is 30.3 Å². The third kappa shape index (κ3) is 3.34. The number of nitrogens with one attached hydrogen (secondary N) is 1. The number of alkyl halides is 1. The SMILES string of the molecule is O=C(N[C@@H]1C(=O)N(S(=O)(=O)O)[C@H]1CF)OCc1ccccc1. The molecule has 2 amide bonds. The molecule has 22 heavy (non-hydrogen) atoms. The van der Waals surface area contributed by atoms with Crippen molar-refractivity contribution in [1.82, 2.24) is 9.62 Å². The molecule has 0 saturated carbocycles. The van der Waals surface area contributed by atoms with Crippen LogP contribution in [0.4, 0.5) is 9.18 Å². The van der Waals surface area contributed by atoms with E-state index in [-0.39, 0.29) is 10.9 Å². The lowest BCUT2D eigenvalue weighted by Crippen LogP contribution is -2.72. The maximum Gasteiger partial charge on any atom is 0.408 e. The van der Waals surface area contributed by atoms with Crippen molar-refractivity contribution in [2.24, 2.45) is 0 Å². The van der Waals surface area contributed by atoms with Crippen molar-refractivity contribution >= 4 is 22.3 Å². The number of hydrogen-bond acceptors (Lipinski definition) is 5. The van der Waals surface area contributed by atoms with Crippen LogP contribution in [0.5, 0.6) is 0 Å². The summed E-state index contributed by atoms with van der Waals surface area (Å²) in [6, 6.07) is 5.83. The first-order chi connectivity index (χ1) is 10.3. The molecule has 0 radical (unpaired) electrons. The third-order valence-corrected chi connectivity index (χ3v) is 4.01. The summed E-state index contributed by atoms with van der Waals surface area (Å²) < 4.78 is 48.2. The van der Waals surface area contributed by atoms with Gasteiger partial charge >= 0.3 is 16.4 Å². The van der Waals surface area contributed by atoms with Gasteiger partial charge in [-0.05, 0) is 5.56 Å². The molecule has 0 bridgehead atoms. The summed E-state index contributed by atoms with van der Waals surface area (Å²) in [4.78, 5) is 23.1. The van der Waals surface area contributed by atoms with Gasteiger partial charge in [-0.25, -0.2) is 13.5 Å². The zero-order valence-electron chi connectivity index (χ0n) is 11.2. The van der Waals surface area contributed by atoms with E-state index in [4.69, 9.17) is 9.29 Å². The summed E-state index contributed by atoms with van der Waals surface area (Å²) in [5.74, 6) is -1.12. The zero-order chi connectivity index (χ0) is 16.3. The van der Waals surface area contributed by atoms with Gasteiger partial charge in [0.2, 0.25) is 0 Å². The minimum atomic E-state index is -4.85. The normalized spacial score (nSPS) is 21.2. The number of amides is 2. The molecule has 0 spiro atoms. The van der Waals surface area contributed by atoms with Gasteiger partial charge in [-0.1, -0.05) is 30.3 Å². The number of carbonyl (C=O) groups is 2. The van der Waals surface area contributed by atoms with Crippen molar-refractivity contribution in [1.29, 1.82) is 0 Å². The largest absolute Gasteiger partial charge is 0.445 e. The van der Waals surface area contributed by atoms with Gasteiger partial charge < -0.3 is 10.1 Å². The lowest BCUT2D eigenvalue weighted by Gasteiger charge is -2.42. The molecular formula is C12H13FN2O6S. The summed E-state index contributed by atoms with van der Waals surface area (Å²) in [6.07, 6.45) is -0.990. The van der Waals surface area contributed by atoms with Crippen molar-refractivity contribution in [3.63, 3.8) is 0 Å². The van der Waals surface area contributed by atoms with E-state index < -0.39 is 41.1 Å². The number of rotatable bonds is 5. The number of carbonyl (C=O) groups excluding carboxylic acids is 2. The van der Waals surface area contributed by atoms with Crippen LogP contribution in [0, 0.1) is 0 Å². The van der Waals surface area contributed by atoms with Gasteiger partial charge in [0.25, 0.3) is 5.91 Å². The number of alkyl carbamates (subject to hydrolysis) is 1. The van der Waals surface area contributed by atoms with Crippen molar-refractivity contribution in [3.05, 3.63) is 35.9 Å². The molecule has 1 aromatic carbocycles. The molecule has 0 aliphatic carbocycles. The maximum atomic E-state index is 12.8. The highest BCUT2D eigenvalue weighted by atomic mass is 32.2. The molecule has 2 atom stereocenters. The molecule has 8 nitrogen and oxygen atoms in total. The van der Waals surface area contributed by atoms with Gasteiger partial charge in [-0.2, -0.15) is 8.42 Å². The second-order valence-corrected chi connectivity index (χ2v) is 5.81. The van der Waals surface area contributed by atoms with Gasteiger partial charge in [-0.3, -0.25) is 9.35 Å². The predicted molar refractivity (Wildman–Crippen MR) is 71.7 cm³/mol. The topological polar surface area (TPSA) is 113 Å². The van der Waals surface area contributed by atoms with Gasteiger partial charge in [0.15, 0.2) is 0 Å². The first-order valence-electron chi connectivity index (χ1n) is 6.18. The smallest absolute Gasteiger partial charge is 0.408 e. The molecule has 0 aromatic heterocycles. The van der Waals surface area contributed by atoms with Crippen molar-refractivity contribution in [2.45, 2.75) is 18.7 Å². The van der Waals surface area contributed by atoms with Gasteiger partial charge in [-0.15, -0.1) is 0 Å². The Kier molecular flexibility index (Phi) is 4.62. The average molecular weight is 332 g/mol. The van der Waals surface area contributed by atoms with Crippen LogP contribution in [0.25, 0.3) is 0 Å². The summed E-state index contributed by atoms with van der Waals surface area (Å²) in [6.45, 7) is -1.30. The second-order valence-electron chi connectivity index (χ2n) is 4.52. The Labute approximate surface area is 125 Å². The van der Waals surface area contributed by atoms with E-state index >= 15 is 0 Å². The Balaban J connectivity index is 1.91. The molecule has 1 aliphatic heterocycles. The van der Waals surface area contributed by atoms with E-state index in [9.17, 15) is 22.4 Å². The quantitative estimate of drug-likeness (QED) is 0.591. The van der Waals surface area contributed by atoms with Crippen LogP contribution < -0.4 is 5.32 Å². The first kappa shape index (κ1) is 16.2. The Bertz CT molecular complexity index is 665. The number of β-lactam (4-membered cyclic amide) rings is 1. The van der Waals surface area contributed by atoms with Crippen molar-refractivity contribution in [3.8, 4) is 0 Å². The highest BCUT2D eigenvalue weighted by molar-refractivity contribution is 7.84. The molecule has 2 N–H and O–H groups in total. The number of hydrogen-bond donors (Lipinski definition) is 2. The van der Waals surface area contributed by atoms with Crippen LogP contribution in [0.1, 0.15) is 5.56 Å². The standard InChI is InChI=1S/C12H13FN2O6S/c13-6-9-10(11(16)15(9)22(18,19)20)14-12(17)21-7-8-4-2-1-3-5-8/h1-5,9-10H,6-7H2,(H,14,17)(H,18,19,20)/t9-,10-/m0/s1. The summed E-state index contributed by atoms with van der Waals surface area (Å²) in [5, 5.41) is 2.07. The number of ether oxygens (including phenoxy) is 1. The van der Waals surface area contributed by atoms with E-state index in [0.717, 1.165) is 0 Å². The Morgan fingerprint density at radius 1 is 1.36 bits per heavy atom. The summed E-state index contributed by atoms with van der Waals surface area (Å²) in [5.41, 5.74) is 0.708. The monoisotopic (exact) mass is 332 g/mol. The second kappa shape index (κ2) is 6.28. The minimum Gasteiger partial charge on any atom is -0.445 e. The van der Waals surface area contributed by atoms with Gasteiger partial charge in [0.05, 0.1) is 0 Å². The summed E-state index contributed by atoms with van der Waals surface area (Å²) in [7, 11) is -4.85. The highest BCUT2D eigenvalue weighted by Crippen LogP contribution is 2.24. The molecule has 10 heteroatoms. The lowest BCUT2D eigenvalue weighted by molar-refractivity contribution is -0.143. The number of benzene rings is 1. The van der Waals surface area contributed by atoms with E-state index in [0.29, 0.717) is 5.56 Å². The zero-order valence-corrected chi connectivity index (χ0v) is 12.0. The maximum absolute atomic E-state index is 12.8. The third-order valence-electron chi connectivity index (χ3n) is 3.06. The van der Waals surface area contributed by atoms with E-state index in [2.05, 4.69) is 5.32 Å². The van der Waals surface area contributed by atoms with Crippen LogP contribution >= 0.6 is 0 Å². The van der Waals surface area contributed by atoms with Crippen LogP contribution in [0.2, 0.25) is 0 Å². The fraction of sp³-hybridized carbons (Fsp3) is 0.333. The molecule has 1 heterocycles. The predicted octanol–water partition coefficient (Wildman–Crippen LogP) is 0.265. The molecule has 120 valence electrons. The number of halogens is 1. The van der Waals surface area contributed by atoms with Gasteiger partial charge in [0.1, 0.15) is 25.4 Å². The summed E-state index contributed by atoms with van der Waals surface area (Å²) >= 11 is 0. The highest BCUT2D eigenvalue weighted by Gasteiger charge is 2.54. The number of nitrogens with zero attached hydrogens (tertiary/aromatic N) is 1. The van der Waals surface area contributed by atoms with Crippen molar-refractivity contribution in [2.75, 3.05) is 6.67 Å². The van der Waals surface area contributed by atoms with Crippen LogP contribution in [-0.4, -0.2) is 48.0 Å². The van der Waals surface area contributed by atoms with Crippen LogP contribution in [-0.2, 0) is 26.4 Å². The molecule has 1 fully saturated rings. The Hall–Kier alpha value is -2.20. The molecule has 1 aromatic rings. The first-order valence-corrected chi connectivity index (χ1v) is 7.58. The molecule has 1 aliphatic rings. The van der Waals surface area contributed by atoms with Crippen LogP contribution in [0.15, 0.2) is 30.3 Å². The fourth-order valence-electron chi connectivity index (χ4n) is 2.00. The van der Waals surface area contributed by atoms with Gasteiger partial charge in [0, 0.05) is 0 Å². The molecule has 1 saturated heterocycles. The molecule has 0 unspecified atom stereocenters. The molecular weight excluding hydrogens is 319 g/mol. The molecule has 2 rings (SSSR count). The Morgan fingerprint density at radius 2 is 2.00 bits per heavy atom. The van der Waals surface area contributed by atoms with E-state index in [1.165, 1.54) is 0 Å². The van der Waals surface area contributed by atoms with Crippen LogP contribution in [0.3, 0.4) is 0 Å². The van der Waals surface area contributed by atoms with Crippen molar-refractivity contribution < 1.29 is 31.7 Å². The minimum absolute atomic E-state index is 0.0187.